The molecular weight excluding hydrogens is 469 g/mol. The number of morpholine rings is 1. The zero-order chi connectivity index (χ0) is 19.5. The second-order valence-corrected chi connectivity index (χ2v) is 6.67. The van der Waals surface area contributed by atoms with Crippen molar-refractivity contribution in [3.8, 4) is 0 Å². The Labute approximate surface area is 185 Å². The first-order valence-corrected chi connectivity index (χ1v) is 9.79. The number of carbonyl (C=O) groups excluding carboxylic acids is 1. The quantitative estimate of drug-likeness (QED) is 0.285. The highest BCUT2D eigenvalue weighted by molar-refractivity contribution is 14.0. The highest BCUT2D eigenvalue weighted by atomic mass is 127. The Morgan fingerprint density at radius 1 is 1.29 bits per heavy atom. The summed E-state index contributed by atoms with van der Waals surface area (Å²) in [6.07, 6.45) is 0.828. The van der Waals surface area contributed by atoms with E-state index in [-0.39, 0.29) is 29.9 Å². The number of nitrogens with one attached hydrogen (secondary N) is 3. The van der Waals surface area contributed by atoms with Gasteiger partial charge < -0.3 is 20.7 Å². The first-order chi connectivity index (χ1) is 13.1. The number of benzene rings is 1. The lowest BCUT2D eigenvalue weighted by molar-refractivity contribution is 0.0220. The number of hydrogen-bond acceptors (Lipinski definition) is 4. The Hall–Kier alpha value is -1.39. The molecule has 1 heterocycles. The molecule has 2 rings (SSSR count). The molecule has 0 bridgehead atoms. The van der Waals surface area contributed by atoms with Crippen LogP contribution in [0.2, 0.25) is 0 Å². The van der Waals surface area contributed by atoms with Crippen LogP contribution in [0.3, 0.4) is 0 Å². The summed E-state index contributed by atoms with van der Waals surface area (Å²) in [5.74, 6) is 0.775. The Kier molecular flexibility index (Phi) is 12.1. The third-order valence-corrected chi connectivity index (χ3v) is 4.65. The van der Waals surface area contributed by atoms with Gasteiger partial charge in [-0.2, -0.15) is 0 Å². The largest absolute Gasteiger partial charge is 0.379 e. The zero-order valence-corrected chi connectivity index (χ0v) is 19.5. The molecule has 0 aliphatic carbocycles. The van der Waals surface area contributed by atoms with Gasteiger partial charge in [-0.3, -0.25) is 14.7 Å². The predicted molar refractivity (Wildman–Crippen MR) is 125 cm³/mol. The third-order valence-electron chi connectivity index (χ3n) is 4.65. The van der Waals surface area contributed by atoms with Crippen molar-refractivity contribution >= 4 is 35.8 Å². The molecule has 1 fully saturated rings. The minimum absolute atomic E-state index is 0. The molecule has 28 heavy (non-hydrogen) atoms. The number of hydrogen-bond donors (Lipinski definition) is 3. The molecule has 0 spiro atoms. The summed E-state index contributed by atoms with van der Waals surface area (Å²) in [4.78, 5) is 18.9. The summed E-state index contributed by atoms with van der Waals surface area (Å²) in [5.41, 5.74) is 1.82. The van der Waals surface area contributed by atoms with E-state index >= 15 is 0 Å². The maximum Gasteiger partial charge on any atom is 0.251 e. The van der Waals surface area contributed by atoms with Crippen LogP contribution in [-0.4, -0.2) is 75.8 Å². The van der Waals surface area contributed by atoms with Gasteiger partial charge in [0.1, 0.15) is 0 Å². The second-order valence-electron chi connectivity index (χ2n) is 6.67. The molecule has 1 atom stereocenters. The lowest BCUT2D eigenvalue weighted by Crippen LogP contribution is -2.44. The van der Waals surface area contributed by atoms with Crippen LogP contribution in [0, 0.1) is 0 Å². The SMILES string of the molecule is CCNC(=NCC(C)N1CCOCC1)NCCc1cccc(C(=O)NC)c1.I. The van der Waals surface area contributed by atoms with Crippen molar-refractivity contribution in [2.45, 2.75) is 26.3 Å². The number of aliphatic imine (C=N–C) groups is 1. The van der Waals surface area contributed by atoms with Gasteiger partial charge in [0, 0.05) is 44.8 Å². The first kappa shape index (κ1) is 24.6. The van der Waals surface area contributed by atoms with Gasteiger partial charge in [0.15, 0.2) is 5.96 Å². The fourth-order valence-corrected chi connectivity index (χ4v) is 3.04. The van der Waals surface area contributed by atoms with E-state index in [2.05, 4.69) is 34.7 Å². The lowest BCUT2D eigenvalue weighted by Gasteiger charge is -2.31. The molecule has 1 unspecified atom stereocenters. The first-order valence-electron chi connectivity index (χ1n) is 9.79. The Balaban J connectivity index is 0.00000392. The smallest absolute Gasteiger partial charge is 0.251 e. The molecular formula is C20H34IN5O2. The van der Waals surface area contributed by atoms with E-state index in [1.165, 1.54) is 0 Å². The van der Waals surface area contributed by atoms with Crippen molar-refractivity contribution in [2.24, 2.45) is 4.99 Å². The van der Waals surface area contributed by atoms with Crippen molar-refractivity contribution in [3.05, 3.63) is 35.4 Å². The van der Waals surface area contributed by atoms with Crippen LogP contribution in [0.4, 0.5) is 0 Å². The topological polar surface area (TPSA) is 78.0 Å². The number of nitrogens with zero attached hydrogens (tertiary/aromatic N) is 2. The van der Waals surface area contributed by atoms with Crippen LogP contribution in [-0.2, 0) is 11.2 Å². The van der Waals surface area contributed by atoms with Crippen LogP contribution < -0.4 is 16.0 Å². The highest BCUT2D eigenvalue weighted by Crippen LogP contribution is 2.06. The standard InChI is InChI=1S/C20H33N5O2.HI/c1-4-22-20(24-15-16(2)25-10-12-27-13-11-25)23-9-8-17-6-5-7-18(14-17)19(26)21-3;/h5-7,14,16H,4,8-13,15H2,1-3H3,(H,21,26)(H2,22,23,24);1H. The van der Waals surface area contributed by atoms with E-state index in [0.29, 0.717) is 11.6 Å². The molecule has 1 aromatic rings. The number of halogens is 1. The van der Waals surface area contributed by atoms with Crippen molar-refractivity contribution in [2.75, 3.05) is 53.0 Å². The van der Waals surface area contributed by atoms with Gasteiger partial charge in [0.2, 0.25) is 0 Å². The van der Waals surface area contributed by atoms with Crippen molar-refractivity contribution in [3.63, 3.8) is 0 Å². The van der Waals surface area contributed by atoms with E-state index in [4.69, 9.17) is 9.73 Å². The van der Waals surface area contributed by atoms with Gasteiger partial charge in [0.05, 0.1) is 19.8 Å². The molecule has 1 aliphatic rings. The molecule has 0 aromatic heterocycles. The van der Waals surface area contributed by atoms with Crippen molar-refractivity contribution in [1.82, 2.24) is 20.9 Å². The summed E-state index contributed by atoms with van der Waals surface area (Å²) in [6.45, 7) is 10.2. The fraction of sp³-hybridized carbons (Fsp3) is 0.600. The normalized spacial score (nSPS) is 16.0. The van der Waals surface area contributed by atoms with Crippen LogP contribution in [0.25, 0.3) is 0 Å². The van der Waals surface area contributed by atoms with Crippen LogP contribution in [0.15, 0.2) is 29.3 Å². The van der Waals surface area contributed by atoms with Gasteiger partial charge in [-0.1, -0.05) is 12.1 Å². The molecule has 1 aliphatic heterocycles. The van der Waals surface area contributed by atoms with Gasteiger partial charge in [-0.05, 0) is 38.0 Å². The van der Waals surface area contributed by atoms with Gasteiger partial charge in [-0.15, -0.1) is 24.0 Å². The minimum Gasteiger partial charge on any atom is -0.379 e. The monoisotopic (exact) mass is 503 g/mol. The number of guanidine groups is 1. The Morgan fingerprint density at radius 3 is 2.71 bits per heavy atom. The number of rotatable bonds is 8. The molecule has 8 heteroatoms. The predicted octanol–water partition coefficient (Wildman–Crippen LogP) is 1.48. The Morgan fingerprint density at radius 2 is 2.04 bits per heavy atom. The van der Waals surface area contributed by atoms with E-state index in [1.807, 2.05) is 24.3 Å². The lowest BCUT2D eigenvalue weighted by atomic mass is 10.1. The summed E-state index contributed by atoms with van der Waals surface area (Å²) in [7, 11) is 1.65. The molecule has 1 amide bonds. The van der Waals surface area contributed by atoms with Crippen LogP contribution in [0.1, 0.15) is 29.8 Å². The number of carbonyl (C=O) groups is 1. The fourth-order valence-electron chi connectivity index (χ4n) is 3.04. The summed E-state index contributed by atoms with van der Waals surface area (Å²) in [6, 6.07) is 8.12. The second kappa shape index (κ2) is 13.7. The summed E-state index contributed by atoms with van der Waals surface area (Å²) in [5, 5.41) is 9.34. The van der Waals surface area contributed by atoms with Gasteiger partial charge >= 0.3 is 0 Å². The Bertz CT molecular complexity index is 620. The van der Waals surface area contributed by atoms with Gasteiger partial charge in [-0.25, -0.2) is 0 Å². The zero-order valence-electron chi connectivity index (χ0n) is 17.2. The van der Waals surface area contributed by atoms with E-state index < -0.39 is 0 Å². The van der Waals surface area contributed by atoms with Crippen LogP contribution >= 0.6 is 24.0 Å². The number of amides is 1. The molecule has 158 valence electrons. The maximum absolute atomic E-state index is 11.7. The van der Waals surface area contributed by atoms with E-state index in [9.17, 15) is 4.79 Å². The average Bonchev–Trinajstić information content (AvgIpc) is 2.72. The molecule has 1 saturated heterocycles. The van der Waals surface area contributed by atoms with E-state index in [0.717, 1.165) is 63.9 Å². The van der Waals surface area contributed by atoms with Crippen molar-refractivity contribution in [1.29, 1.82) is 0 Å². The average molecular weight is 503 g/mol. The van der Waals surface area contributed by atoms with E-state index in [1.54, 1.807) is 7.05 Å². The van der Waals surface area contributed by atoms with Gasteiger partial charge in [0.25, 0.3) is 5.91 Å². The number of ether oxygens (including phenoxy) is 1. The summed E-state index contributed by atoms with van der Waals surface area (Å²) >= 11 is 0. The molecule has 0 saturated carbocycles. The van der Waals surface area contributed by atoms with Crippen molar-refractivity contribution < 1.29 is 9.53 Å². The molecule has 1 aromatic carbocycles. The molecule has 0 radical (unpaired) electrons. The van der Waals surface area contributed by atoms with Crippen LogP contribution in [0.5, 0.6) is 0 Å². The molecule has 7 nitrogen and oxygen atoms in total. The summed E-state index contributed by atoms with van der Waals surface area (Å²) < 4.78 is 5.41. The highest BCUT2D eigenvalue weighted by Gasteiger charge is 2.16. The minimum atomic E-state index is -0.0585. The molecule has 3 N–H and O–H groups in total. The third kappa shape index (κ3) is 8.32. The maximum atomic E-state index is 11.7.